The lowest BCUT2D eigenvalue weighted by Crippen LogP contribution is -2.43. The zero-order chi connectivity index (χ0) is 16.0. The van der Waals surface area contributed by atoms with Crippen molar-refractivity contribution < 1.29 is 9.28 Å². The summed E-state index contributed by atoms with van der Waals surface area (Å²) >= 11 is 0. The lowest BCUT2D eigenvalue weighted by molar-refractivity contribution is -0.890. The Morgan fingerprint density at radius 1 is 1.18 bits per heavy atom. The number of rotatable bonds is 10. The molecule has 1 aliphatic carbocycles. The summed E-state index contributed by atoms with van der Waals surface area (Å²) in [5, 5.41) is 7.80. The van der Waals surface area contributed by atoms with Crippen LogP contribution in [0.4, 0.5) is 0 Å². The van der Waals surface area contributed by atoms with Gasteiger partial charge in [0.15, 0.2) is 0 Å². The largest absolute Gasteiger partial charge is 0.355 e. The fourth-order valence-electron chi connectivity index (χ4n) is 2.91. The van der Waals surface area contributed by atoms with Crippen molar-refractivity contribution >= 4 is 5.91 Å². The molecule has 0 radical (unpaired) electrons. The molecule has 0 aromatic heterocycles. The Kier molecular flexibility index (Phi) is 6.17. The zero-order valence-electron chi connectivity index (χ0n) is 14.3. The molecule has 0 saturated carbocycles. The van der Waals surface area contributed by atoms with E-state index in [2.05, 4.69) is 36.4 Å². The minimum atomic E-state index is -0.0587. The third-order valence-corrected chi connectivity index (χ3v) is 4.48. The smallest absolute Gasteiger partial charge is 0.230 e. The maximum atomic E-state index is 11.9. The molecule has 0 aromatic rings. The van der Waals surface area contributed by atoms with Crippen molar-refractivity contribution in [2.75, 3.05) is 53.5 Å². The van der Waals surface area contributed by atoms with Crippen LogP contribution in [0.25, 0.3) is 0 Å². The Hall–Kier alpha value is -1.17. The standard InChI is InChI=1S/C17H30N4O/c1-4-19-15-20(19)12-8-14-21(2,3)13-7-11-18-17(22)16-9-5-6-10-16/h5-6,9-10,16H,4,7-8,11-15H2,1-3H3/p+1. The number of carbonyl (C=O) groups excluding carboxylic acids is 1. The van der Waals surface area contributed by atoms with Gasteiger partial charge in [0, 0.05) is 32.5 Å². The number of amides is 1. The van der Waals surface area contributed by atoms with Crippen molar-refractivity contribution in [3.8, 4) is 0 Å². The van der Waals surface area contributed by atoms with Crippen molar-refractivity contribution in [2.45, 2.75) is 19.8 Å². The van der Waals surface area contributed by atoms with Gasteiger partial charge in [0.1, 0.15) is 0 Å². The number of nitrogens with zero attached hydrogens (tertiary/aromatic N) is 3. The van der Waals surface area contributed by atoms with Crippen molar-refractivity contribution in [1.82, 2.24) is 15.3 Å². The highest BCUT2D eigenvalue weighted by atomic mass is 16.1. The highest BCUT2D eigenvalue weighted by molar-refractivity contribution is 5.83. The molecule has 1 fully saturated rings. The van der Waals surface area contributed by atoms with Gasteiger partial charge in [0.2, 0.25) is 5.91 Å². The van der Waals surface area contributed by atoms with Gasteiger partial charge >= 0.3 is 0 Å². The number of nitrogens with one attached hydrogen (secondary N) is 1. The maximum Gasteiger partial charge on any atom is 0.230 e. The highest BCUT2D eigenvalue weighted by Crippen LogP contribution is 2.14. The second-order valence-electron chi connectivity index (χ2n) is 6.87. The number of hydrazine groups is 1. The van der Waals surface area contributed by atoms with E-state index in [0.29, 0.717) is 0 Å². The molecule has 2 unspecified atom stereocenters. The Morgan fingerprint density at radius 2 is 1.86 bits per heavy atom. The molecule has 5 heteroatoms. The minimum absolute atomic E-state index is 0.0587. The van der Waals surface area contributed by atoms with Gasteiger partial charge in [-0.15, -0.1) is 0 Å². The number of allylic oxidation sites excluding steroid dienone is 2. The van der Waals surface area contributed by atoms with Gasteiger partial charge in [-0.1, -0.05) is 31.2 Å². The molecule has 0 spiro atoms. The first-order chi connectivity index (χ1) is 10.5. The Bertz CT molecular complexity index is 418. The quantitative estimate of drug-likeness (QED) is 0.374. The molecule has 2 rings (SSSR count). The third-order valence-electron chi connectivity index (χ3n) is 4.48. The van der Waals surface area contributed by atoms with Crippen molar-refractivity contribution in [3.05, 3.63) is 24.3 Å². The van der Waals surface area contributed by atoms with E-state index in [1.165, 1.54) is 19.5 Å². The van der Waals surface area contributed by atoms with Crippen LogP contribution < -0.4 is 5.32 Å². The van der Waals surface area contributed by atoms with Crippen LogP contribution >= 0.6 is 0 Å². The molecule has 2 aliphatic rings. The monoisotopic (exact) mass is 307 g/mol. The summed E-state index contributed by atoms with van der Waals surface area (Å²) in [6.45, 7) is 8.71. The molecule has 1 aliphatic heterocycles. The normalized spacial score (nSPS) is 24.0. The number of hydrogen-bond acceptors (Lipinski definition) is 3. The fraction of sp³-hybridized carbons (Fsp3) is 0.706. The molecular formula is C17H31N4O+. The molecule has 124 valence electrons. The van der Waals surface area contributed by atoms with E-state index in [0.717, 1.165) is 37.2 Å². The first-order valence-electron chi connectivity index (χ1n) is 8.46. The van der Waals surface area contributed by atoms with Crippen molar-refractivity contribution in [3.63, 3.8) is 0 Å². The van der Waals surface area contributed by atoms with Crippen LogP contribution in [0.15, 0.2) is 24.3 Å². The summed E-state index contributed by atoms with van der Waals surface area (Å²) in [6, 6.07) is 0. The lowest BCUT2D eigenvalue weighted by atomic mass is 10.1. The van der Waals surface area contributed by atoms with Crippen LogP contribution in [0.5, 0.6) is 0 Å². The van der Waals surface area contributed by atoms with E-state index in [4.69, 9.17) is 0 Å². The van der Waals surface area contributed by atoms with Gasteiger partial charge in [-0.3, -0.25) is 4.79 Å². The predicted molar refractivity (Wildman–Crippen MR) is 89.8 cm³/mol. The minimum Gasteiger partial charge on any atom is -0.355 e. The topological polar surface area (TPSA) is 35.1 Å². The van der Waals surface area contributed by atoms with Gasteiger partial charge in [0.25, 0.3) is 0 Å². The van der Waals surface area contributed by atoms with Crippen LogP contribution in [0.3, 0.4) is 0 Å². The van der Waals surface area contributed by atoms with E-state index in [9.17, 15) is 4.79 Å². The first-order valence-corrected chi connectivity index (χ1v) is 8.46. The van der Waals surface area contributed by atoms with Crippen molar-refractivity contribution in [2.24, 2.45) is 5.92 Å². The van der Waals surface area contributed by atoms with Gasteiger partial charge in [-0.05, 0) is 0 Å². The molecule has 2 atom stereocenters. The molecule has 1 amide bonds. The molecule has 5 nitrogen and oxygen atoms in total. The summed E-state index contributed by atoms with van der Waals surface area (Å²) in [4.78, 5) is 11.9. The SMILES string of the molecule is CCN1CN1CCC[N+](C)(C)CCCNC(=O)C1C=CC=C1. The van der Waals surface area contributed by atoms with Gasteiger partial charge in [-0.25, -0.2) is 10.0 Å². The maximum absolute atomic E-state index is 11.9. The summed E-state index contributed by atoms with van der Waals surface area (Å²) in [5.41, 5.74) is 0. The molecule has 22 heavy (non-hydrogen) atoms. The Balaban J connectivity index is 1.52. The summed E-state index contributed by atoms with van der Waals surface area (Å²) in [7, 11) is 4.56. The van der Waals surface area contributed by atoms with Crippen LogP contribution in [-0.2, 0) is 4.79 Å². The average Bonchev–Trinajstić information content (AvgIpc) is 3.01. The molecule has 0 aromatic carbocycles. The third kappa shape index (κ3) is 5.55. The molecular weight excluding hydrogens is 276 g/mol. The second kappa shape index (κ2) is 7.90. The van der Waals surface area contributed by atoms with E-state index < -0.39 is 0 Å². The summed E-state index contributed by atoms with van der Waals surface area (Å²) in [6.07, 6.45) is 9.99. The zero-order valence-corrected chi connectivity index (χ0v) is 14.3. The number of carbonyl (C=O) groups is 1. The predicted octanol–water partition coefficient (Wildman–Crippen LogP) is 1.21. The summed E-state index contributed by atoms with van der Waals surface area (Å²) in [5.74, 6) is 0.0631. The Morgan fingerprint density at radius 3 is 2.50 bits per heavy atom. The first kappa shape index (κ1) is 17.2. The second-order valence-corrected chi connectivity index (χ2v) is 6.87. The molecule has 1 N–H and O–H groups in total. The molecule has 1 saturated heterocycles. The number of quaternary nitrogens is 1. The van der Waals surface area contributed by atoms with Crippen LogP contribution in [-0.4, -0.2) is 73.9 Å². The van der Waals surface area contributed by atoms with E-state index in [1.54, 1.807) is 0 Å². The van der Waals surface area contributed by atoms with Crippen molar-refractivity contribution in [1.29, 1.82) is 0 Å². The van der Waals surface area contributed by atoms with E-state index in [-0.39, 0.29) is 11.8 Å². The van der Waals surface area contributed by atoms with Crippen LogP contribution in [0.2, 0.25) is 0 Å². The highest BCUT2D eigenvalue weighted by Gasteiger charge is 2.28. The fourth-order valence-corrected chi connectivity index (χ4v) is 2.91. The van der Waals surface area contributed by atoms with Crippen LogP contribution in [0, 0.1) is 5.92 Å². The number of hydrogen-bond donors (Lipinski definition) is 1. The summed E-state index contributed by atoms with van der Waals surface area (Å²) < 4.78 is 1.03. The molecule has 0 bridgehead atoms. The van der Waals surface area contributed by atoms with E-state index in [1.807, 2.05) is 24.3 Å². The van der Waals surface area contributed by atoms with Gasteiger partial charge in [0.05, 0.1) is 39.8 Å². The molecule has 1 heterocycles. The van der Waals surface area contributed by atoms with Crippen LogP contribution in [0.1, 0.15) is 19.8 Å². The van der Waals surface area contributed by atoms with Gasteiger partial charge < -0.3 is 9.80 Å². The lowest BCUT2D eigenvalue weighted by Gasteiger charge is -2.30. The Labute approximate surface area is 134 Å². The van der Waals surface area contributed by atoms with E-state index >= 15 is 0 Å². The van der Waals surface area contributed by atoms with Gasteiger partial charge in [-0.2, -0.15) is 0 Å². The average molecular weight is 307 g/mol.